The highest BCUT2D eigenvalue weighted by Crippen LogP contribution is 2.34. The molecule has 0 aliphatic carbocycles. The molecule has 0 fully saturated rings. The Hall–Kier alpha value is -3.08. The first-order chi connectivity index (χ1) is 14.8. The Morgan fingerprint density at radius 2 is 1.90 bits per heavy atom. The molecule has 1 aromatic heterocycles. The zero-order valence-corrected chi connectivity index (χ0v) is 17.6. The third-order valence-corrected chi connectivity index (χ3v) is 5.11. The summed E-state index contributed by atoms with van der Waals surface area (Å²) in [5, 5.41) is 5.66. The molecular weight excluding hydrogens is 426 g/mol. The van der Waals surface area contributed by atoms with Gasteiger partial charge in [0, 0.05) is 37.4 Å². The van der Waals surface area contributed by atoms with Gasteiger partial charge < -0.3 is 19.6 Å². The quantitative estimate of drug-likeness (QED) is 0.373. The molecule has 31 heavy (non-hydrogen) atoms. The summed E-state index contributed by atoms with van der Waals surface area (Å²) in [7, 11) is 6.99. The Morgan fingerprint density at radius 1 is 1.16 bits per heavy atom. The predicted octanol–water partition coefficient (Wildman–Crippen LogP) is 5.03. The minimum Gasteiger partial charge on any atom is -0.568 e. The number of aromatic nitrogens is 2. The van der Waals surface area contributed by atoms with Crippen LogP contribution in [0.4, 0.5) is 36.3 Å². The van der Waals surface area contributed by atoms with Gasteiger partial charge in [0.25, 0.3) is 0 Å². The molecule has 6 nitrogen and oxygen atoms in total. The fourth-order valence-corrected chi connectivity index (χ4v) is 3.01. The number of alkyl halides is 3. The van der Waals surface area contributed by atoms with Crippen LogP contribution < -0.4 is 19.6 Å². The molecule has 0 atom stereocenters. The number of halogens is 3. The van der Waals surface area contributed by atoms with Gasteiger partial charge >= 0.3 is 14.2 Å². The third kappa shape index (κ3) is 5.97. The highest BCUT2D eigenvalue weighted by molar-refractivity contribution is 7.99. The van der Waals surface area contributed by atoms with Crippen LogP contribution in [0.25, 0.3) is 0 Å². The Balaban J connectivity index is 1.82. The minimum atomic E-state index is -4.60. The topological polar surface area (TPSA) is 62.3 Å². The highest BCUT2D eigenvalue weighted by Gasteiger charge is 2.35. The maximum absolute atomic E-state index is 13.5. The van der Waals surface area contributed by atoms with E-state index in [2.05, 4.69) is 25.3 Å². The molecule has 2 radical (unpaired) electrons. The summed E-state index contributed by atoms with van der Waals surface area (Å²) >= 11 is 1.53. The molecule has 1 heterocycles. The van der Waals surface area contributed by atoms with Crippen molar-refractivity contribution in [3.8, 4) is 5.75 Å². The summed E-state index contributed by atoms with van der Waals surface area (Å²) in [4.78, 5) is 7.84. The van der Waals surface area contributed by atoms with Gasteiger partial charge in [-0.2, -0.15) is 18.2 Å². The second-order valence-corrected chi connectivity index (χ2v) is 7.34. The lowest BCUT2D eigenvalue weighted by atomic mass is 10.2. The molecule has 0 spiro atoms. The number of rotatable bonds is 8. The summed E-state index contributed by atoms with van der Waals surface area (Å²) < 4.78 is 46.9. The van der Waals surface area contributed by atoms with Crippen LogP contribution in [0.15, 0.2) is 54.7 Å². The van der Waals surface area contributed by atoms with Gasteiger partial charge in [0.05, 0.1) is 5.75 Å². The van der Waals surface area contributed by atoms with Crippen molar-refractivity contribution in [3.05, 3.63) is 65.9 Å². The predicted molar refractivity (Wildman–Crippen MR) is 119 cm³/mol. The SMILES string of the molecule is [B]Oc1ccc(Nc2ncc(C(F)(F)F)c(NCc3cccc(N(C)SC)c3)n2)cc1. The maximum atomic E-state index is 13.5. The molecule has 3 rings (SSSR count). The Kier molecular flexibility index (Phi) is 7.16. The first-order valence-electron chi connectivity index (χ1n) is 9.09. The molecule has 0 saturated carbocycles. The first-order valence-corrected chi connectivity index (χ1v) is 10.3. The van der Waals surface area contributed by atoms with Crippen LogP contribution in [-0.4, -0.2) is 31.3 Å². The van der Waals surface area contributed by atoms with E-state index in [1.54, 1.807) is 24.3 Å². The largest absolute Gasteiger partial charge is 0.568 e. The van der Waals surface area contributed by atoms with E-state index >= 15 is 0 Å². The minimum absolute atomic E-state index is 0.0211. The van der Waals surface area contributed by atoms with E-state index in [1.807, 2.05) is 41.9 Å². The van der Waals surface area contributed by atoms with Crippen LogP contribution in [0.3, 0.4) is 0 Å². The molecule has 0 aliphatic rings. The first kappa shape index (κ1) is 22.6. The van der Waals surface area contributed by atoms with E-state index in [-0.39, 0.29) is 18.3 Å². The van der Waals surface area contributed by atoms with Crippen molar-refractivity contribution >= 4 is 43.1 Å². The summed E-state index contributed by atoms with van der Waals surface area (Å²) in [6.07, 6.45) is -1.90. The standard InChI is InChI=1S/C20H19BF3N5OS/c1-29(31-2)15-5-3-4-13(10-15)11-25-18-17(20(22,23)24)12-26-19(28-18)27-14-6-8-16(30-21)9-7-14/h3-10,12H,11H2,1-2H3,(H2,25,26,27,28). The molecule has 0 aliphatic heterocycles. The van der Waals surface area contributed by atoms with Crippen LogP contribution in [-0.2, 0) is 12.7 Å². The van der Waals surface area contributed by atoms with Crippen molar-refractivity contribution < 1.29 is 17.8 Å². The average molecular weight is 445 g/mol. The van der Waals surface area contributed by atoms with Crippen LogP contribution in [0.5, 0.6) is 5.75 Å². The maximum Gasteiger partial charge on any atom is 0.421 e. The number of anilines is 4. The van der Waals surface area contributed by atoms with Crippen molar-refractivity contribution in [1.29, 1.82) is 0 Å². The van der Waals surface area contributed by atoms with Gasteiger partial charge in [0.1, 0.15) is 11.4 Å². The zero-order valence-electron chi connectivity index (χ0n) is 16.8. The number of nitrogens with zero attached hydrogens (tertiary/aromatic N) is 3. The van der Waals surface area contributed by atoms with Crippen LogP contribution in [0.1, 0.15) is 11.1 Å². The lowest BCUT2D eigenvalue weighted by Crippen LogP contribution is -2.14. The van der Waals surface area contributed by atoms with Gasteiger partial charge in [-0.1, -0.05) is 24.1 Å². The monoisotopic (exact) mass is 445 g/mol. The van der Waals surface area contributed by atoms with Crippen molar-refractivity contribution in [2.45, 2.75) is 12.7 Å². The zero-order chi connectivity index (χ0) is 22.4. The van der Waals surface area contributed by atoms with E-state index in [4.69, 9.17) is 8.05 Å². The molecule has 2 N–H and O–H groups in total. The van der Waals surface area contributed by atoms with Crippen LogP contribution >= 0.6 is 11.9 Å². The van der Waals surface area contributed by atoms with Gasteiger partial charge in [-0.05, 0) is 42.0 Å². The average Bonchev–Trinajstić information content (AvgIpc) is 2.77. The molecule has 11 heteroatoms. The number of hydrogen-bond acceptors (Lipinski definition) is 7. The molecule has 0 unspecified atom stereocenters. The summed E-state index contributed by atoms with van der Waals surface area (Å²) in [6, 6.07) is 14.0. The summed E-state index contributed by atoms with van der Waals surface area (Å²) in [5.74, 6) is 0.152. The smallest absolute Gasteiger partial charge is 0.421 e. The Bertz CT molecular complexity index is 1020. The fraction of sp³-hybridized carbons (Fsp3) is 0.200. The second-order valence-electron chi connectivity index (χ2n) is 6.42. The van der Waals surface area contributed by atoms with E-state index in [0.29, 0.717) is 11.4 Å². The second kappa shape index (κ2) is 9.82. The lowest BCUT2D eigenvalue weighted by molar-refractivity contribution is -0.137. The van der Waals surface area contributed by atoms with Crippen LogP contribution in [0, 0.1) is 0 Å². The molecular formula is C20H19BF3N5OS. The fourth-order valence-electron chi connectivity index (χ4n) is 2.68. The lowest BCUT2D eigenvalue weighted by Gasteiger charge is -2.17. The van der Waals surface area contributed by atoms with Gasteiger partial charge in [-0.25, -0.2) is 4.98 Å². The third-order valence-electron chi connectivity index (χ3n) is 4.35. The van der Waals surface area contributed by atoms with Crippen molar-refractivity contribution in [3.63, 3.8) is 0 Å². The van der Waals surface area contributed by atoms with E-state index in [1.165, 1.54) is 11.9 Å². The van der Waals surface area contributed by atoms with Gasteiger partial charge in [0.15, 0.2) is 0 Å². The van der Waals surface area contributed by atoms with Crippen LogP contribution in [0.2, 0.25) is 0 Å². The molecule has 0 saturated heterocycles. The molecule has 160 valence electrons. The number of hydrogen-bond donors (Lipinski definition) is 2. The normalized spacial score (nSPS) is 11.1. The summed E-state index contributed by atoms with van der Waals surface area (Å²) in [6.45, 7) is 0.165. The van der Waals surface area contributed by atoms with Gasteiger partial charge in [0.2, 0.25) is 5.95 Å². The van der Waals surface area contributed by atoms with E-state index in [9.17, 15) is 13.2 Å². The molecule has 0 amide bonds. The van der Waals surface area contributed by atoms with Gasteiger partial charge in [-0.15, -0.1) is 0 Å². The van der Waals surface area contributed by atoms with Crippen molar-refractivity contribution in [2.75, 3.05) is 28.2 Å². The van der Waals surface area contributed by atoms with E-state index < -0.39 is 11.7 Å². The Morgan fingerprint density at radius 3 is 2.55 bits per heavy atom. The van der Waals surface area contributed by atoms with E-state index in [0.717, 1.165) is 17.4 Å². The van der Waals surface area contributed by atoms with Gasteiger partial charge in [-0.3, -0.25) is 0 Å². The number of nitrogens with one attached hydrogen (secondary N) is 2. The van der Waals surface area contributed by atoms with Crippen molar-refractivity contribution in [1.82, 2.24) is 9.97 Å². The number of benzene rings is 2. The highest BCUT2D eigenvalue weighted by atomic mass is 32.2. The molecule has 3 aromatic rings. The molecule has 2 aromatic carbocycles. The Labute approximate surface area is 183 Å². The van der Waals surface area contributed by atoms with Crippen molar-refractivity contribution in [2.24, 2.45) is 0 Å². The summed E-state index contributed by atoms with van der Waals surface area (Å²) in [5.41, 5.74) is 1.39. The molecule has 0 bridgehead atoms.